The SMILES string of the molecule is CC(C)n1c(C2(CN)CCC2)nc2cnccc21. The topological polar surface area (TPSA) is 56.7 Å². The van der Waals surface area contributed by atoms with Crippen LogP contribution in [0.1, 0.15) is 45.0 Å². The van der Waals surface area contributed by atoms with E-state index in [2.05, 4.69) is 29.5 Å². The lowest BCUT2D eigenvalue weighted by atomic mass is 9.68. The summed E-state index contributed by atoms with van der Waals surface area (Å²) in [5, 5.41) is 0. The van der Waals surface area contributed by atoms with Crippen molar-refractivity contribution in [2.75, 3.05) is 6.54 Å². The molecule has 1 saturated carbocycles. The maximum Gasteiger partial charge on any atom is 0.117 e. The third-order valence-electron chi connectivity index (χ3n) is 4.18. The van der Waals surface area contributed by atoms with E-state index in [1.165, 1.54) is 11.9 Å². The van der Waals surface area contributed by atoms with Crippen LogP contribution in [0.4, 0.5) is 0 Å². The summed E-state index contributed by atoms with van der Waals surface area (Å²) in [6.07, 6.45) is 7.26. The Bertz CT molecular complexity index is 561. The fourth-order valence-corrected chi connectivity index (χ4v) is 2.97. The number of pyridine rings is 1. The highest BCUT2D eigenvalue weighted by Gasteiger charge is 2.42. The molecule has 1 aliphatic carbocycles. The highest BCUT2D eigenvalue weighted by molar-refractivity contribution is 5.75. The molecule has 4 heteroatoms. The minimum absolute atomic E-state index is 0.100. The van der Waals surface area contributed by atoms with Gasteiger partial charge in [-0.25, -0.2) is 4.98 Å². The van der Waals surface area contributed by atoms with Gasteiger partial charge in [0.15, 0.2) is 0 Å². The summed E-state index contributed by atoms with van der Waals surface area (Å²) < 4.78 is 2.34. The molecule has 18 heavy (non-hydrogen) atoms. The van der Waals surface area contributed by atoms with E-state index in [4.69, 9.17) is 10.7 Å². The van der Waals surface area contributed by atoms with Gasteiger partial charge in [0.05, 0.1) is 11.7 Å². The van der Waals surface area contributed by atoms with Crippen molar-refractivity contribution in [2.45, 2.75) is 44.6 Å². The molecule has 1 fully saturated rings. The summed E-state index contributed by atoms with van der Waals surface area (Å²) in [4.78, 5) is 8.99. The standard InChI is InChI=1S/C14H20N4/c1-10(2)18-12-4-7-16-8-11(12)17-13(18)14(9-15)5-3-6-14/h4,7-8,10H,3,5-6,9,15H2,1-2H3. The van der Waals surface area contributed by atoms with Crippen molar-refractivity contribution < 1.29 is 0 Å². The highest BCUT2D eigenvalue weighted by atomic mass is 15.1. The van der Waals surface area contributed by atoms with Crippen LogP contribution in [-0.4, -0.2) is 21.1 Å². The van der Waals surface area contributed by atoms with Crippen LogP contribution >= 0.6 is 0 Å². The Labute approximate surface area is 107 Å². The molecule has 4 nitrogen and oxygen atoms in total. The zero-order chi connectivity index (χ0) is 12.8. The normalized spacial score (nSPS) is 18.2. The molecule has 2 aromatic rings. The van der Waals surface area contributed by atoms with Crippen LogP contribution in [0, 0.1) is 0 Å². The summed E-state index contributed by atoms with van der Waals surface area (Å²) in [7, 11) is 0. The maximum atomic E-state index is 6.02. The Hall–Kier alpha value is -1.42. The summed E-state index contributed by atoms with van der Waals surface area (Å²) >= 11 is 0. The first-order chi connectivity index (χ1) is 8.68. The lowest BCUT2D eigenvalue weighted by Crippen LogP contribution is -2.44. The van der Waals surface area contributed by atoms with E-state index in [9.17, 15) is 0 Å². The number of aromatic nitrogens is 3. The Morgan fingerprint density at radius 2 is 2.22 bits per heavy atom. The van der Waals surface area contributed by atoms with E-state index in [1.807, 2.05) is 12.4 Å². The summed E-state index contributed by atoms with van der Waals surface area (Å²) in [5.41, 5.74) is 8.29. The predicted molar refractivity (Wildman–Crippen MR) is 72.5 cm³/mol. The van der Waals surface area contributed by atoms with Crippen molar-refractivity contribution in [1.29, 1.82) is 0 Å². The van der Waals surface area contributed by atoms with Gasteiger partial charge in [-0.05, 0) is 32.8 Å². The second kappa shape index (κ2) is 4.05. The number of nitrogens with zero attached hydrogens (tertiary/aromatic N) is 3. The molecule has 0 saturated heterocycles. The molecule has 0 spiro atoms. The van der Waals surface area contributed by atoms with Crippen molar-refractivity contribution >= 4 is 11.0 Å². The molecule has 2 aromatic heterocycles. The number of rotatable bonds is 3. The molecule has 0 aromatic carbocycles. The quantitative estimate of drug-likeness (QED) is 0.902. The second-order valence-electron chi connectivity index (χ2n) is 5.60. The van der Waals surface area contributed by atoms with Crippen molar-refractivity contribution in [3.05, 3.63) is 24.3 Å². The molecule has 96 valence electrons. The van der Waals surface area contributed by atoms with Crippen molar-refractivity contribution in [2.24, 2.45) is 5.73 Å². The van der Waals surface area contributed by atoms with E-state index in [-0.39, 0.29) is 5.41 Å². The minimum atomic E-state index is 0.100. The maximum absolute atomic E-state index is 6.02. The van der Waals surface area contributed by atoms with Gasteiger partial charge in [0.1, 0.15) is 11.3 Å². The van der Waals surface area contributed by atoms with Gasteiger partial charge >= 0.3 is 0 Å². The molecular weight excluding hydrogens is 224 g/mol. The van der Waals surface area contributed by atoms with Gasteiger partial charge in [0, 0.05) is 24.2 Å². The van der Waals surface area contributed by atoms with Crippen LogP contribution in [0.15, 0.2) is 18.5 Å². The van der Waals surface area contributed by atoms with E-state index in [0.717, 1.165) is 24.2 Å². The van der Waals surface area contributed by atoms with Crippen LogP contribution in [0.5, 0.6) is 0 Å². The first-order valence-electron chi connectivity index (χ1n) is 6.70. The smallest absolute Gasteiger partial charge is 0.117 e. The summed E-state index contributed by atoms with van der Waals surface area (Å²) in [6.45, 7) is 5.10. The largest absolute Gasteiger partial charge is 0.329 e. The molecule has 0 bridgehead atoms. The number of nitrogens with two attached hydrogens (primary N) is 1. The Balaban J connectivity index is 2.25. The molecule has 0 aliphatic heterocycles. The molecule has 1 aliphatic rings. The minimum Gasteiger partial charge on any atom is -0.329 e. The number of hydrogen-bond acceptors (Lipinski definition) is 3. The first kappa shape index (κ1) is 11.7. The summed E-state index contributed by atoms with van der Waals surface area (Å²) in [6, 6.07) is 2.45. The lowest BCUT2D eigenvalue weighted by molar-refractivity contribution is 0.228. The van der Waals surface area contributed by atoms with Gasteiger partial charge in [0.25, 0.3) is 0 Å². The van der Waals surface area contributed by atoms with Gasteiger partial charge in [0.2, 0.25) is 0 Å². The first-order valence-corrected chi connectivity index (χ1v) is 6.70. The van der Waals surface area contributed by atoms with Crippen molar-refractivity contribution in [3.63, 3.8) is 0 Å². The van der Waals surface area contributed by atoms with Crippen molar-refractivity contribution in [1.82, 2.24) is 14.5 Å². The van der Waals surface area contributed by atoms with E-state index < -0.39 is 0 Å². The Morgan fingerprint density at radius 1 is 1.44 bits per heavy atom. The zero-order valence-corrected chi connectivity index (χ0v) is 11.1. The van der Waals surface area contributed by atoms with Crippen molar-refractivity contribution in [3.8, 4) is 0 Å². The third-order valence-corrected chi connectivity index (χ3v) is 4.18. The lowest BCUT2D eigenvalue weighted by Gasteiger charge is -2.41. The average molecular weight is 244 g/mol. The molecule has 0 radical (unpaired) electrons. The van der Waals surface area contributed by atoms with Gasteiger partial charge < -0.3 is 10.3 Å². The molecule has 3 rings (SSSR count). The third kappa shape index (κ3) is 1.48. The fourth-order valence-electron chi connectivity index (χ4n) is 2.97. The van der Waals surface area contributed by atoms with Gasteiger partial charge in [-0.3, -0.25) is 4.98 Å². The van der Waals surface area contributed by atoms with Crippen LogP contribution in [0.25, 0.3) is 11.0 Å². The van der Waals surface area contributed by atoms with Crippen LogP contribution in [0.2, 0.25) is 0 Å². The van der Waals surface area contributed by atoms with E-state index >= 15 is 0 Å². The monoisotopic (exact) mass is 244 g/mol. The molecule has 0 amide bonds. The predicted octanol–water partition coefficient (Wildman–Crippen LogP) is 2.39. The van der Waals surface area contributed by atoms with Crippen LogP contribution in [-0.2, 0) is 5.41 Å². The van der Waals surface area contributed by atoms with Gasteiger partial charge in [-0.1, -0.05) is 6.42 Å². The molecule has 2 heterocycles. The molecule has 0 unspecified atom stereocenters. The number of hydrogen-bond donors (Lipinski definition) is 1. The fraction of sp³-hybridized carbons (Fsp3) is 0.571. The van der Waals surface area contributed by atoms with Gasteiger partial charge in [-0.2, -0.15) is 0 Å². The van der Waals surface area contributed by atoms with E-state index in [0.29, 0.717) is 12.6 Å². The Morgan fingerprint density at radius 3 is 2.78 bits per heavy atom. The molecular formula is C14H20N4. The average Bonchev–Trinajstić information content (AvgIpc) is 2.67. The number of imidazole rings is 1. The van der Waals surface area contributed by atoms with Crippen LogP contribution < -0.4 is 5.73 Å². The molecule has 2 N–H and O–H groups in total. The zero-order valence-electron chi connectivity index (χ0n) is 11.1. The summed E-state index contributed by atoms with van der Waals surface area (Å²) in [5.74, 6) is 1.16. The Kier molecular flexibility index (Phi) is 2.63. The number of fused-ring (bicyclic) bond motifs is 1. The van der Waals surface area contributed by atoms with Gasteiger partial charge in [-0.15, -0.1) is 0 Å². The highest BCUT2D eigenvalue weighted by Crippen LogP contribution is 2.43. The second-order valence-corrected chi connectivity index (χ2v) is 5.60. The van der Waals surface area contributed by atoms with E-state index in [1.54, 1.807) is 0 Å². The molecule has 0 atom stereocenters. The van der Waals surface area contributed by atoms with Crippen LogP contribution in [0.3, 0.4) is 0 Å².